The molecule has 104 valence electrons. The first-order chi connectivity index (χ1) is 9.06. The third-order valence-corrected chi connectivity index (χ3v) is 2.88. The largest absolute Gasteiger partial charge is 0.388 e. The van der Waals surface area contributed by atoms with Gasteiger partial charge in [0.25, 0.3) is 0 Å². The number of nitrogens with two attached hydrogens (primary N) is 1. The van der Waals surface area contributed by atoms with Crippen LogP contribution < -0.4 is 11.1 Å². The summed E-state index contributed by atoms with van der Waals surface area (Å²) in [6.07, 6.45) is 2.68. The van der Waals surface area contributed by atoms with Gasteiger partial charge in [0.1, 0.15) is 4.99 Å². The highest BCUT2D eigenvalue weighted by molar-refractivity contribution is 7.80. The molecule has 3 N–H and O–H groups in total. The molecule has 0 radical (unpaired) electrons. The van der Waals surface area contributed by atoms with Crippen LogP contribution in [0.15, 0.2) is 18.3 Å². The average molecular weight is 280 g/mol. The highest BCUT2D eigenvalue weighted by Gasteiger charge is 2.10. The molecule has 0 bridgehead atoms. The fourth-order valence-electron chi connectivity index (χ4n) is 1.78. The van der Waals surface area contributed by atoms with E-state index >= 15 is 0 Å². The number of hydrogen-bond donors (Lipinski definition) is 2. The molecule has 1 amide bonds. The SMILES string of the molecule is CCCN(CC(=O)NC)Cc1ccnc(C(N)=S)c1. The van der Waals surface area contributed by atoms with Crippen molar-refractivity contribution < 1.29 is 4.79 Å². The van der Waals surface area contributed by atoms with Gasteiger partial charge in [0.15, 0.2) is 0 Å². The van der Waals surface area contributed by atoms with Gasteiger partial charge in [-0.2, -0.15) is 0 Å². The van der Waals surface area contributed by atoms with Gasteiger partial charge in [0, 0.05) is 19.8 Å². The molecule has 0 aliphatic heterocycles. The van der Waals surface area contributed by atoms with Crippen molar-refractivity contribution in [3.8, 4) is 0 Å². The van der Waals surface area contributed by atoms with Crippen molar-refractivity contribution in [2.75, 3.05) is 20.1 Å². The van der Waals surface area contributed by atoms with E-state index in [1.54, 1.807) is 13.2 Å². The molecular formula is C13H20N4OS. The minimum Gasteiger partial charge on any atom is -0.388 e. The normalized spacial score (nSPS) is 10.5. The fourth-order valence-corrected chi connectivity index (χ4v) is 1.89. The summed E-state index contributed by atoms with van der Waals surface area (Å²) in [4.78, 5) is 17.9. The van der Waals surface area contributed by atoms with Gasteiger partial charge < -0.3 is 11.1 Å². The Kier molecular flexibility index (Phi) is 6.38. The fraction of sp³-hybridized carbons (Fsp3) is 0.462. The first-order valence-electron chi connectivity index (χ1n) is 6.24. The van der Waals surface area contributed by atoms with Crippen LogP contribution in [0.3, 0.4) is 0 Å². The Balaban J connectivity index is 2.75. The van der Waals surface area contributed by atoms with Crippen molar-refractivity contribution in [1.29, 1.82) is 0 Å². The highest BCUT2D eigenvalue weighted by Crippen LogP contribution is 2.07. The number of rotatable bonds is 7. The molecule has 0 aliphatic rings. The second-order valence-electron chi connectivity index (χ2n) is 4.30. The lowest BCUT2D eigenvalue weighted by Crippen LogP contribution is -2.35. The van der Waals surface area contributed by atoms with E-state index in [0.717, 1.165) is 18.5 Å². The van der Waals surface area contributed by atoms with Crippen LogP contribution >= 0.6 is 12.2 Å². The summed E-state index contributed by atoms with van der Waals surface area (Å²) >= 11 is 4.91. The molecule has 0 unspecified atom stereocenters. The van der Waals surface area contributed by atoms with Crippen molar-refractivity contribution >= 4 is 23.1 Å². The molecule has 0 fully saturated rings. The third kappa shape index (κ3) is 5.32. The predicted molar refractivity (Wildman–Crippen MR) is 79.8 cm³/mol. The molecule has 0 saturated carbocycles. The minimum absolute atomic E-state index is 0.0112. The number of thiocarbonyl (C=S) groups is 1. The second kappa shape index (κ2) is 7.81. The summed E-state index contributed by atoms with van der Waals surface area (Å²) in [6, 6.07) is 3.78. The quantitative estimate of drug-likeness (QED) is 0.719. The first-order valence-corrected chi connectivity index (χ1v) is 6.65. The van der Waals surface area contributed by atoms with Gasteiger partial charge in [-0.05, 0) is 30.7 Å². The van der Waals surface area contributed by atoms with Crippen molar-refractivity contribution in [3.63, 3.8) is 0 Å². The Morgan fingerprint density at radius 1 is 1.58 bits per heavy atom. The van der Waals surface area contributed by atoms with E-state index in [-0.39, 0.29) is 10.9 Å². The maximum atomic E-state index is 11.5. The van der Waals surface area contributed by atoms with E-state index in [0.29, 0.717) is 18.8 Å². The van der Waals surface area contributed by atoms with E-state index in [1.807, 2.05) is 12.1 Å². The minimum atomic E-state index is 0.0112. The third-order valence-electron chi connectivity index (χ3n) is 2.67. The molecule has 0 atom stereocenters. The zero-order valence-electron chi connectivity index (χ0n) is 11.3. The molecule has 1 rings (SSSR count). The summed E-state index contributed by atoms with van der Waals surface area (Å²) in [7, 11) is 1.64. The van der Waals surface area contributed by atoms with Crippen molar-refractivity contribution in [2.24, 2.45) is 5.73 Å². The van der Waals surface area contributed by atoms with Gasteiger partial charge in [0.05, 0.1) is 12.2 Å². The number of aromatic nitrogens is 1. The molecule has 0 aliphatic carbocycles. The molecule has 1 aromatic heterocycles. The number of carbonyl (C=O) groups is 1. The number of hydrogen-bond acceptors (Lipinski definition) is 4. The average Bonchev–Trinajstić information content (AvgIpc) is 2.39. The zero-order chi connectivity index (χ0) is 14.3. The maximum Gasteiger partial charge on any atom is 0.233 e. The second-order valence-corrected chi connectivity index (χ2v) is 4.74. The van der Waals surface area contributed by atoms with Gasteiger partial charge in [-0.3, -0.25) is 14.7 Å². The summed E-state index contributed by atoms with van der Waals surface area (Å²) in [6.45, 7) is 4.01. The van der Waals surface area contributed by atoms with Crippen molar-refractivity contribution in [1.82, 2.24) is 15.2 Å². The van der Waals surface area contributed by atoms with Crippen LogP contribution in [0.4, 0.5) is 0 Å². The number of nitrogens with one attached hydrogen (secondary N) is 1. The van der Waals surface area contributed by atoms with E-state index in [1.165, 1.54) is 0 Å². The molecule has 0 aromatic carbocycles. The molecule has 5 nitrogen and oxygen atoms in total. The molecule has 0 spiro atoms. The lowest BCUT2D eigenvalue weighted by molar-refractivity contribution is -0.121. The Morgan fingerprint density at radius 2 is 2.32 bits per heavy atom. The number of carbonyl (C=O) groups excluding carboxylic acids is 1. The number of amides is 1. The summed E-state index contributed by atoms with van der Waals surface area (Å²) < 4.78 is 0. The van der Waals surface area contributed by atoms with E-state index in [2.05, 4.69) is 22.1 Å². The van der Waals surface area contributed by atoms with Crippen LogP contribution in [-0.4, -0.2) is 40.9 Å². The molecule has 1 aromatic rings. The standard InChI is InChI=1S/C13H20N4OS/c1-3-6-17(9-12(18)15-2)8-10-4-5-16-11(7-10)13(14)19/h4-5,7H,3,6,8-9H2,1-2H3,(H2,14,19)(H,15,18). The number of pyridine rings is 1. The Hall–Kier alpha value is -1.53. The van der Waals surface area contributed by atoms with Crippen LogP contribution in [0.25, 0.3) is 0 Å². The Bertz CT molecular complexity index is 450. The molecule has 1 heterocycles. The van der Waals surface area contributed by atoms with E-state index in [4.69, 9.17) is 18.0 Å². The van der Waals surface area contributed by atoms with Gasteiger partial charge in [0.2, 0.25) is 5.91 Å². The molecule has 6 heteroatoms. The smallest absolute Gasteiger partial charge is 0.233 e. The van der Waals surface area contributed by atoms with E-state index < -0.39 is 0 Å². The summed E-state index contributed by atoms with van der Waals surface area (Å²) in [5.41, 5.74) is 7.23. The zero-order valence-corrected chi connectivity index (χ0v) is 12.2. The first kappa shape index (κ1) is 15.5. The Labute approximate surface area is 119 Å². The van der Waals surface area contributed by atoms with Gasteiger partial charge in [-0.15, -0.1) is 0 Å². The van der Waals surface area contributed by atoms with Crippen LogP contribution in [-0.2, 0) is 11.3 Å². The Morgan fingerprint density at radius 3 is 2.89 bits per heavy atom. The van der Waals surface area contributed by atoms with Gasteiger partial charge in [-0.25, -0.2) is 0 Å². The molecule has 0 saturated heterocycles. The van der Waals surface area contributed by atoms with E-state index in [9.17, 15) is 4.79 Å². The highest BCUT2D eigenvalue weighted by atomic mass is 32.1. The number of nitrogens with zero attached hydrogens (tertiary/aromatic N) is 2. The monoisotopic (exact) mass is 280 g/mol. The van der Waals surface area contributed by atoms with Crippen molar-refractivity contribution in [2.45, 2.75) is 19.9 Å². The number of likely N-dealkylation sites (N-methyl/N-ethyl adjacent to an activating group) is 1. The van der Waals surface area contributed by atoms with Crippen LogP contribution in [0.2, 0.25) is 0 Å². The van der Waals surface area contributed by atoms with Crippen LogP contribution in [0.1, 0.15) is 24.6 Å². The maximum absolute atomic E-state index is 11.5. The topological polar surface area (TPSA) is 71.2 Å². The lowest BCUT2D eigenvalue weighted by Gasteiger charge is -2.20. The van der Waals surface area contributed by atoms with Crippen molar-refractivity contribution in [3.05, 3.63) is 29.6 Å². The van der Waals surface area contributed by atoms with Gasteiger partial charge >= 0.3 is 0 Å². The molecular weight excluding hydrogens is 260 g/mol. The summed E-state index contributed by atoms with van der Waals surface area (Å²) in [5, 5.41) is 2.64. The predicted octanol–water partition coefficient (Wildman–Crippen LogP) is 0.674. The molecule has 19 heavy (non-hydrogen) atoms. The van der Waals surface area contributed by atoms with Crippen LogP contribution in [0.5, 0.6) is 0 Å². The van der Waals surface area contributed by atoms with Crippen LogP contribution in [0, 0.1) is 0 Å². The van der Waals surface area contributed by atoms with Gasteiger partial charge in [-0.1, -0.05) is 19.1 Å². The lowest BCUT2D eigenvalue weighted by atomic mass is 10.2. The summed E-state index contributed by atoms with van der Waals surface area (Å²) in [5.74, 6) is 0.0112.